The third-order valence-corrected chi connectivity index (χ3v) is 4.06. The van der Waals surface area contributed by atoms with Gasteiger partial charge in [-0.3, -0.25) is 4.79 Å². The van der Waals surface area contributed by atoms with E-state index in [1.54, 1.807) is 0 Å². The van der Waals surface area contributed by atoms with Crippen molar-refractivity contribution in [1.29, 1.82) is 0 Å². The van der Waals surface area contributed by atoms with Crippen LogP contribution in [0.2, 0.25) is 0 Å². The Balaban J connectivity index is 1.60. The van der Waals surface area contributed by atoms with Crippen LogP contribution in [0.15, 0.2) is 30.3 Å². The minimum absolute atomic E-state index is 0.0782. The van der Waals surface area contributed by atoms with E-state index in [1.807, 2.05) is 30.3 Å². The smallest absolute Gasteiger partial charge is 0.234 e. The summed E-state index contributed by atoms with van der Waals surface area (Å²) in [5.74, 6) is 1.64. The Morgan fingerprint density at radius 1 is 1.26 bits per heavy atom. The molecule has 19 heavy (non-hydrogen) atoms. The lowest BCUT2D eigenvalue weighted by Crippen LogP contribution is -2.36. The molecule has 0 bridgehead atoms. The predicted octanol–water partition coefficient (Wildman–Crippen LogP) is 2.33. The number of carbonyl (C=O) groups excluding carboxylic acids is 1. The molecule has 0 radical (unpaired) electrons. The van der Waals surface area contributed by atoms with Crippen molar-refractivity contribution in [2.75, 3.05) is 13.1 Å². The fraction of sp³-hybridized carbons (Fsp3) is 0.562. The first kappa shape index (κ1) is 14.1. The maximum Gasteiger partial charge on any atom is 0.234 e. The standard InChI is InChI=1S/C16H24N2O/c1-13-6-5-9-15(13)11-17-12-16(19)18-10-14-7-3-2-4-8-14/h2-4,7-8,13,15,17H,5-6,9-12H2,1H3,(H,18,19). The molecule has 1 aromatic rings. The molecule has 0 saturated heterocycles. The summed E-state index contributed by atoms with van der Waals surface area (Å²) in [6.07, 6.45) is 3.99. The summed E-state index contributed by atoms with van der Waals surface area (Å²) in [6, 6.07) is 10.00. The summed E-state index contributed by atoms with van der Waals surface area (Å²) in [6.45, 7) is 4.33. The fourth-order valence-corrected chi connectivity index (χ4v) is 2.76. The Morgan fingerprint density at radius 2 is 2.05 bits per heavy atom. The zero-order valence-electron chi connectivity index (χ0n) is 11.7. The molecule has 0 spiro atoms. The van der Waals surface area contributed by atoms with Gasteiger partial charge in [0.2, 0.25) is 5.91 Å². The Morgan fingerprint density at radius 3 is 2.74 bits per heavy atom. The molecule has 2 atom stereocenters. The Hall–Kier alpha value is -1.35. The van der Waals surface area contributed by atoms with E-state index in [2.05, 4.69) is 17.6 Å². The van der Waals surface area contributed by atoms with E-state index in [0.717, 1.165) is 23.9 Å². The van der Waals surface area contributed by atoms with Gasteiger partial charge in [0, 0.05) is 6.54 Å². The molecule has 104 valence electrons. The second kappa shape index (κ2) is 7.29. The monoisotopic (exact) mass is 260 g/mol. The highest BCUT2D eigenvalue weighted by molar-refractivity contribution is 5.77. The van der Waals surface area contributed by atoms with Crippen LogP contribution in [0, 0.1) is 11.8 Å². The van der Waals surface area contributed by atoms with E-state index in [-0.39, 0.29) is 5.91 Å². The summed E-state index contributed by atoms with van der Waals surface area (Å²) in [4.78, 5) is 11.7. The van der Waals surface area contributed by atoms with Crippen molar-refractivity contribution in [1.82, 2.24) is 10.6 Å². The van der Waals surface area contributed by atoms with Crippen molar-refractivity contribution >= 4 is 5.91 Å². The Bertz CT molecular complexity index is 391. The van der Waals surface area contributed by atoms with Crippen LogP contribution in [0.25, 0.3) is 0 Å². The van der Waals surface area contributed by atoms with Gasteiger partial charge >= 0.3 is 0 Å². The van der Waals surface area contributed by atoms with Crippen LogP contribution in [-0.2, 0) is 11.3 Å². The number of amides is 1. The number of nitrogens with one attached hydrogen (secondary N) is 2. The molecule has 1 aliphatic rings. The van der Waals surface area contributed by atoms with E-state index in [9.17, 15) is 4.79 Å². The van der Waals surface area contributed by atoms with Crippen LogP contribution < -0.4 is 10.6 Å². The van der Waals surface area contributed by atoms with Gasteiger partial charge in [-0.1, -0.05) is 50.1 Å². The van der Waals surface area contributed by atoms with Gasteiger partial charge < -0.3 is 10.6 Å². The Labute approximate surface area is 115 Å². The summed E-state index contributed by atoms with van der Waals surface area (Å²) < 4.78 is 0. The van der Waals surface area contributed by atoms with Crippen LogP contribution in [0.5, 0.6) is 0 Å². The second-order valence-corrected chi connectivity index (χ2v) is 5.56. The molecule has 3 nitrogen and oxygen atoms in total. The molecule has 1 fully saturated rings. The average molecular weight is 260 g/mol. The maximum absolute atomic E-state index is 11.7. The molecule has 1 aromatic carbocycles. The first-order valence-electron chi connectivity index (χ1n) is 7.27. The van der Waals surface area contributed by atoms with E-state index in [0.29, 0.717) is 13.1 Å². The molecule has 1 amide bonds. The fourth-order valence-electron chi connectivity index (χ4n) is 2.76. The lowest BCUT2D eigenvalue weighted by atomic mass is 9.98. The molecular weight excluding hydrogens is 236 g/mol. The normalized spacial score (nSPS) is 22.4. The minimum Gasteiger partial charge on any atom is -0.351 e. The first-order chi connectivity index (χ1) is 9.25. The van der Waals surface area contributed by atoms with Crippen LogP contribution in [0.1, 0.15) is 31.7 Å². The van der Waals surface area contributed by atoms with E-state index in [4.69, 9.17) is 0 Å². The lowest BCUT2D eigenvalue weighted by Gasteiger charge is -2.15. The SMILES string of the molecule is CC1CCCC1CNCC(=O)NCc1ccccc1. The van der Waals surface area contributed by atoms with Gasteiger partial charge in [0.25, 0.3) is 0 Å². The molecule has 3 heteroatoms. The number of carbonyl (C=O) groups is 1. The zero-order valence-corrected chi connectivity index (χ0v) is 11.7. The molecule has 0 heterocycles. The van der Waals surface area contributed by atoms with Crippen molar-refractivity contribution in [3.8, 4) is 0 Å². The van der Waals surface area contributed by atoms with Crippen LogP contribution in [-0.4, -0.2) is 19.0 Å². The second-order valence-electron chi connectivity index (χ2n) is 5.56. The van der Waals surface area contributed by atoms with Gasteiger partial charge in [0.15, 0.2) is 0 Å². The molecule has 0 aliphatic heterocycles. The van der Waals surface area contributed by atoms with Crippen LogP contribution in [0.4, 0.5) is 0 Å². The third-order valence-electron chi connectivity index (χ3n) is 4.06. The lowest BCUT2D eigenvalue weighted by molar-refractivity contribution is -0.120. The quantitative estimate of drug-likeness (QED) is 0.824. The van der Waals surface area contributed by atoms with Gasteiger partial charge in [0.05, 0.1) is 6.54 Å². The topological polar surface area (TPSA) is 41.1 Å². The van der Waals surface area contributed by atoms with Crippen LogP contribution in [0.3, 0.4) is 0 Å². The summed E-state index contributed by atoms with van der Waals surface area (Å²) in [5.41, 5.74) is 1.14. The highest BCUT2D eigenvalue weighted by Gasteiger charge is 2.22. The van der Waals surface area contributed by atoms with Crippen LogP contribution >= 0.6 is 0 Å². The van der Waals surface area contributed by atoms with Crippen molar-refractivity contribution in [2.45, 2.75) is 32.7 Å². The number of hydrogen-bond acceptors (Lipinski definition) is 2. The molecule has 1 aliphatic carbocycles. The van der Waals surface area contributed by atoms with Crippen molar-refractivity contribution in [3.05, 3.63) is 35.9 Å². The van der Waals surface area contributed by atoms with Gasteiger partial charge in [-0.05, 0) is 30.4 Å². The first-order valence-corrected chi connectivity index (χ1v) is 7.27. The highest BCUT2D eigenvalue weighted by Crippen LogP contribution is 2.30. The van der Waals surface area contributed by atoms with Gasteiger partial charge in [-0.15, -0.1) is 0 Å². The minimum atomic E-state index is 0.0782. The Kier molecular flexibility index (Phi) is 5.40. The van der Waals surface area contributed by atoms with Gasteiger partial charge in [-0.2, -0.15) is 0 Å². The molecule has 2 N–H and O–H groups in total. The molecule has 2 unspecified atom stereocenters. The molecule has 1 saturated carbocycles. The van der Waals surface area contributed by atoms with Crippen molar-refractivity contribution < 1.29 is 4.79 Å². The predicted molar refractivity (Wildman–Crippen MR) is 77.7 cm³/mol. The summed E-state index contributed by atoms with van der Waals surface area (Å²) in [7, 11) is 0. The molecule has 2 rings (SSSR count). The number of rotatable bonds is 6. The highest BCUT2D eigenvalue weighted by atomic mass is 16.1. The largest absolute Gasteiger partial charge is 0.351 e. The zero-order chi connectivity index (χ0) is 13.5. The van der Waals surface area contributed by atoms with E-state index >= 15 is 0 Å². The maximum atomic E-state index is 11.7. The average Bonchev–Trinajstić information content (AvgIpc) is 2.83. The van der Waals surface area contributed by atoms with Gasteiger partial charge in [-0.25, -0.2) is 0 Å². The summed E-state index contributed by atoms with van der Waals surface area (Å²) >= 11 is 0. The van der Waals surface area contributed by atoms with E-state index in [1.165, 1.54) is 19.3 Å². The van der Waals surface area contributed by atoms with Crippen molar-refractivity contribution in [3.63, 3.8) is 0 Å². The summed E-state index contributed by atoms with van der Waals surface area (Å²) in [5, 5.41) is 6.22. The van der Waals surface area contributed by atoms with Gasteiger partial charge in [0.1, 0.15) is 0 Å². The molecule has 0 aromatic heterocycles. The van der Waals surface area contributed by atoms with Crippen molar-refractivity contribution in [2.24, 2.45) is 11.8 Å². The third kappa shape index (κ3) is 4.67. The number of benzene rings is 1. The molecular formula is C16H24N2O. The number of hydrogen-bond donors (Lipinski definition) is 2. The van der Waals surface area contributed by atoms with E-state index < -0.39 is 0 Å².